The number of hydrogen-bond acceptors (Lipinski definition) is 6. The molecule has 0 saturated heterocycles. The van der Waals surface area contributed by atoms with E-state index in [9.17, 15) is 14.4 Å². The maximum absolute atomic E-state index is 12.5. The quantitative estimate of drug-likeness (QED) is 0.643. The van der Waals surface area contributed by atoms with Crippen LogP contribution in [0.1, 0.15) is 10.4 Å². The largest absolute Gasteiger partial charge is 0.452 e. The van der Waals surface area contributed by atoms with Gasteiger partial charge in [0, 0.05) is 5.39 Å². The fourth-order valence-corrected chi connectivity index (χ4v) is 3.03. The second kappa shape index (κ2) is 7.75. The molecule has 0 radical (unpaired) electrons. The van der Waals surface area contributed by atoms with Crippen LogP contribution >= 0.6 is 11.3 Å². The van der Waals surface area contributed by atoms with Crippen LogP contribution in [0.25, 0.3) is 21.5 Å². The van der Waals surface area contributed by atoms with Crippen LogP contribution in [0.3, 0.4) is 0 Å². The molecule has 8 heteroatoms. The van der Waals surface area contributed by atoms with Crippen LogP contribution in [0.5, 0.6) is 0 Å². The fraction of sp³-hybridized carbons (Fsp3) is 0.111. The van der Waals surface area contributed by atoms with Gasteiger partial charge < -0.3 is 15.8 Å². The molecule has 132 valence electrons. The highest BCUT2D eigenvalue weighted by molar-refractivity contribution is 7.13. The van der Waals surface area contributed by atoms with Crippen molar-refractivity contribution in [3.63, 3.8) is 0 Å². The van der Waals surface area contributed by atoms with Crippen LogP contribution in [0.15, 0.2) is 47.8 Å². The number of primary amides is 1. The molecule has 0 aliphatic heterocycles. The third kappa shape index (κ3) is 4.04. The molecule has 2 aromatic heterocycles. The zero-order valence-corrected chi connectivity index (χ0v) is 14.4. The summed E-state index contributed by atoms with van der Waals surface area (Å²) in [5.41, 5.74) is 6.58. The van der Waals surface area contributed by atoms with Gasteiger partial charge in [0.25, 0.3) is 5.91 Å². The van der Waals surface area contributed by atoms with Crippen molar-refractivity contribution in [1.82, 2.24) is 10.3 Å². The first kappa shape index (κ1) is 17.6. The summed E-state index contributed by atoms with van der Waals surface area (Å²) >= 11 is 1.51. The molecule has 7 nitrogen and oxygen atoms in total. The SMILES string of the molecule is NC(=O)CNC(=O)COC(=O)c1cc(-c2cccs2)nc2ccccc12. The number of benzene rings is 1. The maximum atomic E-state index is 12.5. The zero-order chi connectivity index (χ0) is 18.5. The van der Waals surface area contributed by atoms with Crippen molar-refractivity contribution in [2.45, 2.75) is 0 Å². The van der Waals surface area contributed by atoms with Crippen molar-refractivity contribution in [1.29, 1.82) is 0 Å². The number of thiophene rings is 1. The van der Waals surface area contributed by atoms with E-state index in [1.807, 2.05) is 29.6 Å². The van der Waals surface area contributed by atoms with Crippen LogP contribution in [0.4, 0.5) is 0 Å². The standard InChI is InChI=1S/C18H15N3O4S/c19-16(22)9-20-17(23)10-25-18(24)12-8-14(15-6-3-7-26-15)21-13-5-2-1-4-11(12)13/h1-8H,9-10H2,(H2,19,22)(H,20,23). The molecule has 2 amide bonds. The van der Waals surface area contributed by atoms with Gasteiger partial charge in [0.2, 0.25) is 5.91 Å². The van der Waals surface area contributed by atoms with Crippen LogP contribution < -0.4 is 11.1 Å². The van der Waals surface area contributed by atoms with E-state index in [0.29, 0.717) is 22.2 Å². The first-order chi connectivity index (χ1) is 12.5. The lowest BCUT2D eigenvalue weighted by molar-refractivity contribution is -0.127. The number of fused-ring (bicyclic) bond motifs is 1. The number of carbonyl (C=O) groups is 3. The van der Waals surface area contributed by atoms with Gasteiger partial charge in [-0.2, -0.15) is 0 Å². The lowest BCUT2D eigenvalue weighted by atomic mass is 10.1. The molecular formula is C18H15N3O4S. The van der Waals surface area contributed by atoms with Crippen LogP contribution in [-0.4, -0.2) is 35.9 Å². The molecule has 0 aliphatic carbocycles. The summed E-state index contributed by atoms with van der Waals surface area (Å²) in [4.78, 5) is 40.2. The molecule has 2 heterocycles. The first-order valence-corrected chi connectivity index (χ1v) is 8.58. The highest BCUT2D eigenvalue weighted by Gasteiger charge is 2.17. The highest BCUT2D eigenvalue weighted by atomic mass is 32.1. The summed E-state index contributed by atoms with van der Waals surface area (Å²) in [5.74, 6) is -1.92. The van der Waals surface area contributed by atoms with Gasteiger partial charge in [-0.25, -0.2) is 9.78 Å². The van der Waals surface area contributed by atoms with Gasteiger partial charge in [-0.15, -0.1) is 11.3 Å². The van der Waals surface area contributed by atoms with Crippen molar-refractivity contribution >= 4 is 40.0 Å². The lowest BCUT2D eigenvalue weighted by Crippen LogP contribution is -2.36. The van der Waals surface area contributed by atoms with E-state index in [2.05, 4.69) is 10.3 Å². The van der Waals surface area contributed by atoms with E-state index in [1.165, 1.54) is 11.3 Å². The highest BCUT2D eigenvalue weighted by Crippen LogP contribution is 2.28. The summed E-state index contributed by atoms with van der Waals surface area (Å²) in [6.07, 6.45) is 0. The van der Waals surface area contributed by atoms with Crippen LogP contribution in [0, 0.1) is 0 Å². The third-order valence-electron chi connectivity index (χ3n) is 3.50. The minimum absolute atomic E-state index is 0.308. The molecule has 3 N–H and O–H groups in total. The summed E-state index contributed by atoms with van der Waals surface area (Å²) in [5, 5.41) is 4.82. The van der Waals surface area contributed by atoms with E-state index >= 15 is 0 Å². The Labute approximate surface area is 152 Å². The number of nitrogens with zero attached hydrogens (tertiary/aromatic N) is 1. The monoisotopic (exact) mass is 369 g/mol. The number of nitrogens with two attached hydrogens (primary N) is 1. The number of ether oxygens (including phenoxy) is 1. The Hall–Kier alpha value is -3.26. The Morgan fingerprint density at radius 2 is 1.96 bits per heavy atom. The van der Waals surface area contributed by atoms with Crippen molar-refractivity contribution in [3.8, 4) is 10.6 Å². The average Bonchev–Trinajstić information content (AvgIpc) is 3.18. The summed E-state index contributed by atoms with van der Waals surface area (Å²) in [7, 11) is 0. The number of amides is 2. The molecule has 0 bridgehead atoms. The molecule has 1 aromatic carbocycles. The van der Waals surface area contributed by atoms with Gasteiger partial charge in [0.1, 0.15) is 0 Å². The number of esters is 1. The van der Waals surface area contributed by atoms with E-state index in [0.717, 1.165) is 4.88 Å². The Morgan fingerprint density at radius 3 is 2.69 bits per heavy atom. The number of nitrogens with one attached hydrogen (secondary N) is 1. The molecule has 3 rings (SSSR count). The van der Waals surface area contributed by atoms with Gasteiger partial charge in [0.15, 0.2) is 6.61 Å². The Balaban J connectivity index is 1.85. The lowest BCUT2D eigenvalue weighted by Gasteiger charge is -2.09. The Kier molecular flexibility index (Phi) is 5.23. The van der Waals surface area contributed by atoms with Crippen molar-refractivity contribution < 1.29 is 19.1 Å². The van der Waals surface area contributed by atoms with Gasteiger partial charge >= 0.3 is 5.97 Å². The minimum Gasteiger partial charge on any atom is -0.452 e. The second-order valence-corrected chi connectivity index (χ2v) is 6.32. The molecule has 0 fully saturated rings. The molecule has 0 spiro atoms. The minimum atomic E-state index is -0.676. The summed E-state index contributed by atoms with van der Waals surface area (Å²) in [6.45, 7) is -0.811. The summed E-state index contributed by atoms with van der Waals surface area (Å²) < 4.78 is 5.08. The number of hydrogen-bond donors (Lipinski definition) is 2. The molecule has 0 unspecified atom stereocenters. The molecular weight excluding hydrogens is 354 g/mol. The van der Waals surface area contributed by atoms with E-state index in [1.54, 1.807) is 18.2 Å². The normalized spacial score (nSPS) is 10.5. The van der Waals surface area contributed by atoms with Gasteiger partial charge in [-0.3, -0.25) is 9.59 Å². The van der Waals surface area contributed by atoms with Crippen LogP contribution in [0.2, 0.25) is 0 Å². The average molecular weight is 369 g/mol. The molecule has 0 aliphatic rings. The molecule has 3 aromatic rings. The molecule has 0 atom stereocenters. The van der Waals surface area contributed by atoms with E-state index in [4.69, 9.17) is 10.5 Å². The first-order valence-electron chi connectivity index (χ1n) is 7.70. The topological polar surface area (TPSA) is 111 Å². The van der Waals surface area contributed by atoms with Gasteiger partial charge in [0.05, 0.1) is 28.2 Å². The smallest absolute Gasteiger partial charge is 0.339 e. The fourth-order valence-electron chi connectivity index (χ4n) is 2.34. The number of pyridine rings is 1. The van der Waals surface area contributed by atoms with Crippen molar-refractivity contribution in [2.24, 2.45) is 5.73 Å². The van der Waals surface area contributed by atoms with Gasteiger partial charge in [-0.1, -0.05) is 24.3 Å². The maximum Gasteiger partial charge on any atom is 0.339 e. The predicted octanol–water partition coefficient (Wildman–Crippen LogP) is 1.72. The molecule has 26 heavy (non-hydrogen) atoms. The van der Waals surface area contributed by atoms with Crippen molar-refractivity contribution in [2.75, 3.05) is 13.2 Å². The van der Waals surface area contributed by atoms with E-state index < -0.39 is 24.4 Å². The Morgan fingerprint density at radius 1 is 1.15 bits per heavy atom. The third-order valence-corrected chi connectivity index (χ3v) is 4.40. The molecule has 0 saturated carbocycles. The second-order valence-electron chi connectivity index (χ2n) is 5.37. The van der Waals surface area contributed by atoms with Gasteiger partial charge in [-0.05, 0) is 23.6 Å². The van der Waals surface area contributed by atoms with Crippen LogP contribution in [-0.2, 0) is 14.3 Å². The number of rotatable bonds is 6. The summed E-state index contributed by atoms with van der Waals surface area (Å²) in [6, 6.07) is 12.7. The number of aromatic nitrogens is 1. The zero-order valence-electron chi connectivity index (χ0n) is 13.6. The number of para-hydroxylation sites is 1. The van der Waals surface area contributed by atoms with Crippen molar-refractivity contribution in [3.05, 3.63) is 53.4 Å². The predicted molar refractivity (Wildman–Crippen MR) is 97.5 cm³/mol. The van der Waals surface area contributed by atoms with E-state index in [-0.39, 0.29) is 6.54 Å². The number of carbonyl (C=O) groups excluding carboxylic acids is 3. The Bertz CT molecular complexity index is 970.